The van der Waals surface area contributed by atoms with Crippen LogP contribution in [0.15, 0.2) is 6.07 Å². The minimum absolute atomic E-state index is 0.0488. The maximum Gasteiger partial charge on any atom is 0.221 e. The fraction of sp³-hybridized carbons (Fsp3) is 0.500. The lowest BCUT2D eigenvalue weighted by molar-refractivity contribution is -0.114. The van der Waals surface area contributed by atoms with E-state index in [0.717, 1.165) is 0 Å². The number of aliphatic hydroxyl groups is 1. The van der Waals surface area contributed by atoms with Crippen LogP contribution in [0.4, 0.5) is 10.1 Å². The van der Waals surface area contributed by atoms with Crippen LogP contribution in [-0.2, 0) is 16.0 Å². The molecule has 6 heteroatoms. The summed E-state index contributed by atoms with van der Waals surface area (Å²) in [5.41, 5.74) is 0.433. The second kappa shape index (κ2) is 6.14. The Morgan fingerprint density at radius 3 is 2.82 bits per heavy atom. The quantitative estimate of drug-likeness (QED) is 0.892. The number of hydrogen-bond acceptors (Lipinski definition) is 4. The second-order valence-corrected chi connectivity index (χ2v) is 5.70. The topological polar surface area (TPSA) is 75.6 Å². The summed E-state index contributed by atoms with van der Waals surface area (Å²) in [4.78, 5) is 24.2. The first kappa shape index (κ1) is 16.6. The molecule has 1 aliphatic rings. The largest absolute Gasteiger partial charge is 0.394 e. The van der Waals surface area contributed by atoms with Gasteiger partial charge in [-0.05, 0) is 43.9 Å². The number of amides is 1. The Labute approximate surface area is 128 Å². The van der Waals surface area contributed by atoms with Crippen molar-refractivity contribution in [2.45, 2.75) is 39.2 Å². The van der Waals surface area contributed by atoms with Crippen molar-refractivity contribution in [1.29, 1.82) is 0 Å². The summed E-state index contributed by atoms with van der Waals surface area (Å²) in [7, 11) is 0. The summed E-state index contributed by atoms with van der Waals surface area (Å²) >= 11 is 0. The number of carbonyl (C=O) groups excluding carboxylic acids is 2. The number of halogens is 1. The highest BCUT2D eigenvalue weighted by atomic mass is 19.1. The molecule has 1 aromatic rings. The minimum atomic E-state index is -1.08. The predicted octanol–water partition coefficient (Wildman–Crippen LogP) is 1.99. The van der Waals surface area contributed by atoms with E-state index >= 15 is 0 Å². The van der Waals surface area contributed by atoms with Gasteiger partial charge in [-0.2, -0.15) is 0 Å². The summed E-state index contributed by atoms with van der Waals surface area (Å²) in [5, 5.41) is 11.4. The van der Waals surface area contributed by atoms with Crippen LogP contribution >= 0.6 is 0 Å². The van der Waals surface area contributed by atoms with E-state index in [9.17, 15) is 14.0 Å². The molecule has 0 saturated heterocycles. The van der Waals surface area contributed by atoms with E-state index in [1.807, 2.05) is 0 Å². The maximum atomic E-state index is 14.0. The number of fused-ring (bicyclic) bond motifs is 1. The Morgan fingerprint density at radius 2 is 2.23 bits per heavy atom. The van der Waals surface area contributed by atoms with Gasteiger partial charge in [0.05, 0.1) is 18.9 Å². The van der Waals surface area contributed by atoms with E-state index in [1.165, 1.54) is 13.0 Å². The molecule has 22 heavy (non-hydrogen) atoms. The Bertz CT molecular complexity index is 629. The van der Waals surface area contributed by atoms with E-state index < -0.39 is 11.4 Å². The number of ether oxygens (including phenoxy) is 1. The van der Waals surface area contributed by atoms with Gasteiger partial charge in [0, 0.05) is 12.5 Å². The van der Waals surface area contributed by atoms with Crippen LogP contribution in [-0.4, -0.2) is 35.6 Å². The number of hydrogen-bond donors (Lipinski definition) is 2. The molecule has 5 nitrogen and oxygen atoms in total. The lowest BCUT2D eigenvalue weighted by Gasteiger charge is -2.35. The van der Waals surface area contributed by atoms with Crippen LogP contribution in [0, 0.1) is 12.7 Å². The third-order valence-electron chi connectivity index (χ3n) is 4.04. The summed E-state index contributed by atoms with van der Waals surface area (Å²) in [5.74, 6) is -1.12. The molecule has 2 rings (SSSR count). The van der Waals surface area contributed by atoms with Crippen LogP contribution in [0.25, 0.3) is 0 Å². The molecule has 0 radical (unpaired) electrons. The average Bonchev–Trinajstić information content (AvgIpc) is 2.45. The van der Waals surface area contributed by atoms with Gasteiger partial charge in [-0.1, -0.05) is 0 Å². The van der Waals surface area contributed by atoms with Gasteiger partial charge in [-0.25, -0.2) is 4.39 Å². The van der Waals surface area contributed by atoms with Crippen molar-refractivity contribution in [2.75, 3.05) is 18.5 Å². The van der Waals surface area contributed by atoms with Crippen LogP contribution in [0.3, 0.4) is 0 Å². The molecule has 1 unspecified atom stereocenters. The Kier molecular flexibility index (Phi) is 4.63. The Morgan fingerprint density at radius 1 is 1.55 bits per heavy atom. The molecule has 0 saturated carbocycles. The van der Waals surface area contributed by atoms with Gasteiger partial charge < -0.3 is 15.2 Å². The van der Waals surface area contributed by atoms with Gasteiger partial charge in [0.1, 0.15) is 11.4 Å². The number of benzene rings is 1. The molecule has 1 atom stereocenters. The van der Waals surface area contributed by atoms with E-state index in [0.29, 0.717) is 29.5 Å². The zero-order valence-electron chi connectivity index (χ0n) is 13.0. The van der Waals surface area contributed by atoms with Crippen LogP contribution in [0.1, 0.15) is 41.8 Å². The summed E-state index contributed by atoms with van der Waals surface area (Å²) in [6.07, 6.45) is 0.877. The summed E-state index contributed by atoms with van der Waals surface area (Å²) < 4.78 is 19.5. The highest BCUT2D eigenvalue weighted by Gasteiger charge is 2.41. The third-order valence-corrected chi connectivity index (χ3v) is 4.04. The van der Waals surface area contributed by atoms with Gasteiger partial charge in [-0.3, -0.25) is 9.59 Å². The highest BCUT2D eigenvalue weighted by molar-refractivity contribution is 6.10. The molecule has 0 spiro atoms. The number of carbonyl (C=O) groups is 2. The van der Waals surface area contributed by atoms with E-state index in [4.69, 9.17) is 9.84 Å². The third kappa shape index (κ3) is 2.89. The summed E-state index contributed by atoms with van der Waals surface area (Å²) in [6.45, 7) is 4.45. The standard InChI is InChI=1S/C16H20FNO4/c1-9-11-4-5-16(3,22-7-6-19)15(21)14(11)13(8-12(9)17)18-10(2)20/h8,19H,4-7H2,1-3H3,(H,18,20). The first-order valence-electron chi connectivity index (χ1n) is 7.19. The maximum absolute atomic E-state index is 14.0. The van der Waals surface area contributed by atoms with Crippen LogP contribution in [0.5, 0.6) is 0 Å². The Hall–Kier alpha value is -1.79. The number of anilines is 1. The van der Waals surface area contributed by atoms with Crippen molar-refractivity contribution in [3.8, 4) is 0 Å². The van der Waals surface area contributed by atoms with Crippen molar-refractivity contribution in [2.24, 2.45) is 0 Å². The van der Waals surface area contributed by atoms with Crippen LogP contribution < -0.4 is 5.32 Å². The molecule has 1 aromatic carbocycles. The molecule has 1 amide bonds. The number of nitrogens with one attached hydrogen (secondary N) is 1. The van der Waals surface area contributed by atoms with Gasteiger partial charge in [-0.15, -0.1) is 0 Å². The van der Waals surface area contributed by atoms with Crippen molar-refractivity contribution in [3.05, 3.63) is 28.6 Å². The fourth-order valence-electron chi connectivity index (χ4n) is 2.81. The normalized spacial score (nSPS) is 20.7. The zero-order valence-corrected chi connectivity index (χ0v) is 13.0. The molecule has 1 aliphatic carbocycles. The van der Waals surface area contributed by atoms with Gasteiger partial charge >= 0.3 is 0 Å². The first-order valence-corrected chi connectivity index (χ1v) is 7.19. The molecule has 2 N–H and O–H groups in total. The molecular formula is C16H20FNO4. The lowest BCUT2D eigenvalue weighted by Crippen LogP contribution is -2.44. The van der Waals surface area contributed by atoms with E-state index in [2.05, 4.69) is 5.32 Å². The molecule has 120 valence electrons. The van der Waals surface area contributed by atoms with Crippen molar-refractivity contribution < 1.29 is 23.8 Å². The molecule has 0 aromatic heterocycles. The molecule has 0 bridgehead atoms. The number of rotatable bonds is 4. The van der Waals surface area contributed by atoms with Crippen LogP contribution in [0.2, 0.25) is 0 Å². The SMILES string of the molecule is CC(=O)Nc1cc(F)c(C)c2c1C(=O)C(C)(OCCO)CC2. The summed E-state index contributed by atoms with van der Waals surface area (Å²) in [6, 6.07) is 1.17. The highest BCUT2D eigenvalue weighted by Crippen LogP contribution is 2.38. The van der Waals surface area contributed by atoms with E-state index in [1.54, 1.807) is 13.8 Å². The van der Waals surface area contributed by atoms with Gasteiger partial charge in [0.25, 0.3) is 0 Å². The lowest BCUT2D eigenvalue weighted by atomic mass is 9.77. The number of aliphatic hydroxyl groups excluding tert-OH is 1. The van der Waals surface area contributed by atoms with E-state index in [-0.39, 0.29) is 30.6 Å². The second-order valence-electron chi connectivity index (χ2n) is 5.70. The number of Topliss-reactive ketones (excluding diaryl/α,β-unsaturated/α-hetero) is 1. The fourth-order valence-corrected chi connectivity index (χ4v) is 2.81. The first-order chi connectivity index (χ1) is 10.3. The van der Waals surface area contributed by atoms with Crippen molar-refractivity contribution >= 4 is 17.4 Å². The molecule has 0 fully saturated rings. The molecule has 0 heterocycles. The predicted molar refractivity (Wildman–Crippen MR) is 79.5 cm³/mol. The van der Waals surface area contributed by atoms with Crippen molar-refractivity contribution in [3.63, 3.8) is 0 Å². The smallest absolute Gasteiger partial charge is 0.221 e. The number of ketones is 1. The molecule has 0 aliphatic heterocycles. The average molecular weight is 309 g/mol. The minimum Gasteiger partial charge on any atom is -0.394 e. The van der Waals surface area contributed by atoms with Gasteiger partial charge in [0.2, 0.25) is 5.91 Å². The van der Waals surface area contributed by atoms with Crippen molar-refractivity contribution in [1.82, 2.24) is 0 Å². The van der Waals surface area contributed by atoms with Gasteiger partial charge in [0.15, 0.2) is 5.78 Å². The Balaban J connectivity index is 2.54. The molecular weight excluding hydrogens is 289 g/mol. The monoisotopic (exact) mass is 309 g/mol. The zero-order chi connectivity index (χ0) is 16.5.